The lowest BCUT2D eigenvalue weighted by Crippen LogP contribution is -3.12. The van der Waals surface area contributed by atoms with Crippen molar-refractivity contribution in [1.29, 1.82) is 0 Å². The highest BCUT2D eigenvalue weighted by molar-refractivity contribution is 7.71. The van der Waals surface area contributed by atoms with Gasteiger partial charge in [0.2, 0.25) is 4.77 Å². The van der Waals surface area contributed by atoms with Crippen LogP contribution in [-0.2, 0) is 6.67 Å². The van der Waals surface area contributed by atoms with Crippen molar-refractivity contribution in [2.24, 2.45) is 0 Å². The first-order valence-electron chi connectivity index (χ1n) is 9.19. The molecular formula is C19H20N5S3+. The van der Waals surface area contributed by atoms with Crippen molar-refractivity contribution < 1.29 is 4.90 Å². The molecule has 27 heavy (non-hydrogen) atoms. The lowest BCUT2D eigenvalue weighted by molar-refractivity contribution is -0.959. The summed E-state index contributed by atoms with van der Waals surface area (Å²) >= 11 is 9.03. The van der Waals surface area contributed by atoms with Crippen molar-refractivity contribution in [3.05, 3.63) is 51.6 Å². The first kappa shape index (κ1) is 17.2. The van der Waals surface area contributed by atoms with E-state index in [1.807, 2.05) is 22.1 Å². The van der Waals surface area contributed by atoms with Crippen LogP contribution >= 0.6 is 34.9 Å². The summed E-state index contributed by atoms with van der Waals surface area (Å²) < 4.78 is 3.92. The molecule has 5 nitrogen and oxygen atoms in total. The summed E-state index contributed by atoms with van der Waals surface area (Å²) in [5.74, 6) is 0.864. The second-order valence-electron chi connectivity index (χ2n) is 6.89. The maximum atomic E-state index is 5.52. The van der Waals surface area contributed by atoms with Gasteiger partial charge in [-0.1, -0.05) is 18.2 Å². The topological polar surface area (TPSA) is 50.9 Å². The number of hydrogen-bond acceptors (Lipinski definition) is 5. The van der Waals surface area contributed by atoms with Crippen molar-refractivity contribution in [2.45, 2.75) is 32.0 Å². The average Bonchev–Trinajstić information content (AvgIpc) is 3.42. The van der Waals surface area contributed by atoms with Gasteiger partial charge in [0.05, 0.1) is 21.6 Å². The van der Waals surface area contributed by atoms with Crippen LogP contribution in [0.1, 0.15) is 30.3 Å². The van der Waals surface area contributed by atoms with E-state index in [4.69, 9.17) is 17.2 Å². The zero-order valence-electron chi connectivity index (χ0n) is 14.7. The quantitative estimate of drug-likeness (QED) is 0.496. The number of hydrogen-bond donors (Lipinski definition) is 2. The van der Waals surface area contributed by atoms with E-state index in [-0.39, 0.29) is 0 Å². The van der Waals surface area contributed by atoms with E-state index < -0.39 is 0 Å². The molecule has 1 aliphatic heterocycles. The fourth-order valence-electron chi connectivity index (χ4n) is 3.80. The molecule has 0 saturated carbocycles. The zero-order chi connectivity index (χ0) is 18.2. The molecule has 4 heterocycles. The third-order valence-corrected chi connectivity index (χ3v) is 7.48. The lowest BCUT2D eigenvalue weighted by Gasteiger charge is -2.31. The van der Waals surface area contributed by atoms with Crippen LogP contribution in [0.25, 0.3) is 20.9 Å². The van der Waals surface area contributed by atoms with Crippen molar-refractivity contribution in [2.75, 3.05) is 6.54 Å². The Morgan fingerprint density at radius 1 is 1.19 bits per heavy atom. The van der Waals surface area contributed by atoms with Gasteiger partial charge in [0, 0.05) is 6.42 Å². The van der Waals surface area contributed by atoms with Gasteiger partial charge in [-0.15, -0.1) is 22.7 Å². The molecule has 5 rings (SSSR count). The van der Waals surface area contributed by atoms with Crippen molar-refractivity contribution >= 4 is 45.1 Å². The molecule has 1 unspecified atom stereocenters. The average molecular weight is 415 g/mol. The van der Waals surface area contributed by atoms with E-state index in [0.29, 0.717) is 10.8 Å². The minimum Gasteiger partial charge on any atom is -0.308 e. The molecule has 1 aliphatic rings. The summed E-state index contributed by atoms with van der Waals surface area (Å²) in [6, 6.07) is 13.0. The van der Waals surface area contributed by atoms with E-state index in [2.05, 4.69) is 45.8 Å². The molecule has 1 saturated heterocycles. The van der Waals surface area contributed by atoms with Crippen molar-refractivity contribution in [3.8, 4) is 10.7 Å². The van der Waals surface area contributed by atoms with Crippen molar-refractivity contribution in [3.63, 3.8) is 0 Å². The number of nitrogens with zero attached hydrogens (tertiary/aromatic N) is 3. The van der Waals surface area contributed by atoms with E-state index in [1.54, 1.807) is 11.3 Å². The Labute approximate surface area is 170 Å². The molecule has 0 aliphatic carbocycles. The molecule has 0 amide bonds. The first-order valence-corrected chi connectivity index (χ1v) is 11.3. The molecule has 3 aromatic heterocycles. The Hall–Kier alpha value is -1.87. The van der Waals surface area contributed by atoms with Crippen molar-refractivity contribution in [1.82, 2.24) is 19.7 Å². The number of quaternary nitrogens is 1. The summed E-state index contributed by atoms with van der Waals surface area (Å²) in [5.41, 5.74) is 1.11. The number of likely N-dealkylation sites (tertiary alicyclic amines) is 1. The first-order chi connectivity index (χ1) is 13.3. The Balaban J connectivity index is 1.43. The second kappa shape index (κ2) is 7.27. The Kier molecular flexibility index (Phi) is 4.65. The number of rotatable bonds is 4. The zero-order valence-corrected chi connectivity index (χ0v) is 17.2. The highest BCUT2D eigenvalue weighted by Crippen LogP contribution is 2.28. The lowest BCUT2D eigenvalue weighted by atomic mass is 10.0. The molecule has 2 N–H and O–H groups in total. The van der Waals surface area contributed by atoms with Crippen LogP contribution in [-0.4, -0.2) is 26.3 Å². The monoisotopic (exact) mass is 414 g/mol. The van der Waals surface area contributed by atoms with Crippen LogP contribution in [0.5, 0.6) is 0 Å². The summed E-state index contributed by atoms with van der Waals surface area (Å²) in [4.78, 5) is 12.1. The third kappa shape index (κ3) is 3.38. The molecule has 1 aromatic carbocycles. The van der Waals surface area contributed by atoms with E-state index in [9.17, 15) is 0 Å². The number of fused-ring (bicyclic) bond motifs is 1. The van der Waals surface area contributed by atoms with Crippen LogP contribution < -0.4 is 4.90 Å². The smallest absolute Gasteiger partial charge is 0.221 e. The van der Waals surface area contributed by atoms with Gasteiger partial charge in [-0.25, -0.2) is 9.67 Å². The maximum Gasteiger partial charge on any atom is 0.221 e. The van der Waals surface area contributed by atoms with Crippen LogP contribution in [0, 0.1) is 4.77 Å². The normalized spacial score (nSPS) is 20.3. The molecular weight excluding hydrogens is 394 g/mol. The second-order valence-corrected chi connectivity index (χ2v) is 9.27. The number of para-hydroxylation sites is 1. The number of thiazole rings is 1. The van der Waals surface area contributed by atoms with Gasteiger partial charge in [-0.05, 0) is 48.6 Å². The predicted molar refractivity (Wildman–Crippen MR) is 113 cm³/mol. The van der Waals surface area contributed by atoms with Gasteiger partial charge in [0.25, 0.3) is 0 Å². The number of piperidine rings is 1. The van der Waals surface area contributed by atoms with Crippen LogP contribution in [0.4, 0.5) is 0 Å². The fourth-order valence-corrected chi connectivity index (χ4v) is 5.82. The fraction of sp³-hybridized carbons (Fsp3) is 0.316. The minimum absolute atomic E-state index is 0.423. The van der Waals surface area contributed by atoms with Gasteiger partial charge in [0.1, 0.15) is 6.04 Å². The Morgan fingerprint density at radius 3 is 2.96 bits per heavy atom. The maximum absolute atomic E-state index is 5.52. The number of nitrogens with one attached hydrogen (secondary N) is 2. The van der Waals surface area contributed by atoms with E-state index >= 15 is 0 Å². The summed E-state index contributed by atoms with van der Waals surface area (Å²) in [6.07, 6.45) is 3.68. The molecule has 0 bridgehead atoms. The van der Waals surface area contributed by atoms with Crippen LogP contribution in [0.15, 0.2) is 41.8 Å². The SMILES string of the molecule is S=c1nc(-c2cccs2)[nH]n1C[NH+]1CCCC[C@H]1c1nc2ccccc2s1. The number of thiophene rings is 1. The molecule has 1 fully saturated rings. The van der Waals surface area contributed by atoms with Crippen LogP contribution in [0.3, 0.4) is 0 Å². The number of aromatic amines is 1. The molecule has 138 valence electrons. The number of benzene rings is 1. The van der Waals surface area contributed by atoms with Gasteiger partial charge in [0.15, 0.2) is 17.5 Å². The standard InChI is InChI=1S/C19H19N5S3/c25-19-21-17(16-9-5-11-26-16)22-24(19)12-23-10-4-3-7-14(23)18-20-13-6-1-2-8-15(13)27-18/h1-2,5-6,8-9,11,14H,3-4,7,10,12H2,(H,21,22,25)/p+1/t14-/m0/s1. The molecule has 8 heteroatoms. The van der Waals surface area contributed by atoms with E-state index in [1.165, 1.54) is 33.9 Å². The molecule has 2 atom stereocenters. The number of aromatic nitrogens is 4. The third-order valence-electron chi connectivity index (χ3n) is 5.14. The van der Waals surface area contributed by atoms with Gasteiger partial charge in [-0.3, -0.25) is 5.10 Å². The van der Waals surface area contributed by atoms with Crippen LogP contribution in [0.2, 0.25) is 0 Å². The number of H-pyrrole nitrogens is 1. The summed E-state index contributed by atoms with van der Waals surface area (Å²) in [5, 5.41) is 6.71. The minimum atomic E-state index is 0.423. The van der Waals surface area contributed by atoms with Gasteiger partial charge < -0.3 is 4.90 Å². The Morgan fingerprint density at radius 2 is 2.11 bits per heavy atom. The molecule has 0 radical (unpaired) electrons. The largest absolute Gasteiger partial charge is 0.308 e. The predicted octanol–water partition coefficient (Wildman–Crippen LogP) is 4.05. The highest BCUT2D eigenvalue weighted by Gasteiger charge is 2.31. The van der Waals surface area contributed by atoms with Gasteiger partial charge in [-0.2, -0.15) is 4.98 Å². The highest BCUT2D eigenvalue weighted by atomic mass is 32.1. The Bertz CT molecular complexity index is 1070. The molecule has 4 aromatic rings. The van der Waals surface area contributed by atoms with E-state index in [0.717, 1.165) is 29.4 Å². The molecule has 0 spiro atoms. The summed E-state index contributed by atoms with van der Waals surface area (Å²) in [7, 11) is 0. The summed E-state index contributed by atoms with van der Waals surface area (Å²) in [6.45, 7) is 1.94. The van der Waals surface area contributed by atoms with Gasteiger partial charge >= 0.3 is 0 Å².